The number of halogens is 1. The summed E-state index contributed by atoms with van der Waals surface area (Å²) in [5.74, 6) is 2.00. The molecule has 0 saturated carbocycles. The molecule has 4 rings (SSSR count). The molecule has 0 radical (unpaired) electrons. The molecule has 8 heteroatoms. The van der Waals surface area contributed by atoms with Crippen molar-refractivity contribution in [3.63, 3.8) is 0 Å². The molecule has 152 valence electrons. The Morgan fingerprint density at radius 3 is 2.68 bits per heavy atom. The molecule has 1 aromatic heterocycles. The van der Waals surface area contributed by atoms with E-state index in [9.17, 15) is 4.79 Å². The van der Waals surface area contributed by atoms with Crippen molar-refractivity contribution in [1.82, 2.24) is 10.3 Å². The third kappa shape index (κ3) is 4.59. The van der Waals surface area contributed by atoms with E-state index in [0.717, 1.165) is 35.6 Å². The summed E-state index contributed by atoms with van der Waals surface area (Å²) < 4.78 is 10.7. The van der Waals surface area contributed by atoms with Crippen molar-refractivity contribution < 1.29 is 14.3 Å². The molecule has 1 aromatic carbocycles. The highest BCUT2D eigenvalue weighted by Gasteiger charge is 2.34. The Kier molecular flexibility index (Phi) is 6.80. The van der Waals surface area contributed by atoms with Gasteiger partial charge in [-0.3, -0.25) is 4.79 Å². The molecule has 2 aromatic rings. The largest absolute Gasteiger partial charge is 0.497 e. The average molecular weight is 424 g/mol. The maximum absolute atomic E-state index is 12.5. The SMILES string of the molecule is COc1ccc(OC)c(-c2csc(NC(=O)CC3CC4CCC(C3)N4)n2)c1.Cl. The van der Waals surface area contributed by atoms with Gasteiger partial charge in [-0.1, -0.05) is 0 Å². The summed E-state index contributed by atoms with van der Waals surface area (Å²) in [5.41, 5.74) is 1.62. The number of aromatic nitrogens is 1. The zero-order chi connectivity index (χ0) is 18.8. The van der Waals surface area contributed by atoms with Gasteiger partial charge < -0.3 is 20.1 Å². The second kappa shape index (κ2) is 9.11. The summed E-state index contributed by atoms with van der Waals surface area (Å²) in [6.07, 6.45) is 5.29. The topological polar surface area (TPSA) is 72.5 Å². The van der Waals surface area contributed by atoms with Crippen molar-refractivity contribution in [1.29, 1.82) is 0 Å². The number of carbonyl (C=O) groups excluding carboxylic acids is 1. The molecule has 2 saturated heterocycles. The van der Waals surface area contributed by atoms with Gasteiger partial charge in [0.2, 0.25) is 5.91 Å². The van der Waals surface area contributed by atoms with Gasteiger partial charge >= 0.3 is 0 Å². The van der Waals surface area contributed by atoms with Crippen LogP contribution in [-0.2, 0) is 4.79 Å². The molecular weight excluding hydrogens is 398 g/mol. The van der Waals surface area contributed by atoms with E-state index in [1.54, 1.807) is 14.2 Å². The highest BCUT2D eigenvalue weighted by atomic mass is 35.5. The van der Waals surface area contributed by atoms with Gasteiger partial charge in [0.1, 0.15) is 11.5 Å². The normalized spacial score (nSPS) is 23.0. The average Bonchev–Trinajstić information content (AvgIpc) is 3.27. The fraction of sp³-hybridized carbons (Fsp3) is 0.500. The number of methoxy groups -OCH3 is 2. The summed E-state index contributed by atoms with van der Waals surface area (Å²) in [6, 6.07) is 6.81. The minimum absolute atomic E-state index is 0. The summed E-state index contributed by atoms with van der Waals surface area (Å²) >= 11 is 1.43. The molecule has 2 unspecified atom stereocenters. The van der Waals surface area contributed by atoms with Gasteiger partial charge in [-0.25, -0.2) is 4.98 Å². The minimum atomic E-state index is 0. The highest BCUT2D eigenvalue weighted by molar-refractivity contribution is 7.14. The molecule has 0 spiro atoms. The van der Waals surface area contributed by atoms with E-state index in [2.05, 4.69) is 15.6 Å². The Balaban J connectivity index is 0.00000225. The predicted octanol–water partition coefficient (Wildman–Crippen LogP) is 4.11. The van der Waals surface area contributed by atoms with E-state index >= 15 is 0 Å². The van der Waals surface area contributed by atoms with Crippen molar-refractivity contribution in [2.45, 2.75) is 44.2 Å². The molecule has 3 heterocycles. The van der Waals surface area contributed by atoms with Crippen LogP contribution in [0.3, 0.4) is 0 Å². The van der Waals surface area contributed by atoms with E-state index in [1.165, 1.54) is 24.2 Å². The van der Waals surface area contributed by atoms with E-state index < -0.39 is 0 Å². The third-order valence-electron chi connectivity index (χ3n) is 5.48. The molecule has 2 fully saturated rings. The van der Waals surface area contributed by atoms with Gasteiger partial charge in [0.15, 0.2) is 5.13 Å². The molecule has 2 atom stereocenters. The van der Waals surface area contributed by atoms with Gasteiger partial charge in [0.25, 0.3) is 0 Å². The van der Waals surface area contributed by atoms with Crippen LogP contribution in [0.15, 0.2) is 23.6 Å². The highest BCUT2D eigenvalue weighted by Crippen LogP contribution is 2.36. The number of anilines is 1. The molecule has 6 nitrogen and oxygen atoms in total. The van der Waals surface area contributed by atoms with Gasteiger partial charge in [-0.05, 0) is 49.8 Å². The van der Waals surface area contributed by atoms with Crippen molar-refractivity contribution >= 4 is 34.8 Å². The van der Waals surface area contributed by atoms with Crippen LogP contribution in [-0.4, -0.2) is 37.2 Å². The van der Waals surface area contributed by atoms with E-state index in [1.807, 2.05) is 23.6 Å². The molecule has 28 heavy (non-hydrogen) atoms. The van der Waals surface area contributed by atoms with E-state index in [0.29, 0.717) is 29.6 Å². The third-order valence-corrected chi connectivity index (χ3v) is 6.24. The Bertz CT molecular complexity index is 817. The number of hydrogen-bond donors (Lipinski definition) is 2. The Labute approximate surface area is 175 Å². The van der Waals surface area contributed by atoms with Crippen molar-refractivity contribution in [2.75, 3.05) is 19.5 Å². The molecule has 2 aliphatic heterocycles. The Hall–Kier alpha value is -1.83. The number of fused-ring (bicyclic) bond motifs is 2. The van der Waals surface area contributed by atoms with Crippen LogP contribution in [0.4, 0.5) is 5.13 Å². The fourth-order valence-corrected chi connectivity index (χ4v) is 4.97. The monoisotopic (exact) mass is 423 g/mol. The van der Waals surface area contributed by atoms with Gasteiger partial charge in [0.05, 0.1) is 19.9 Å². The zero-order valence-electron chi connectivity index (χ0n) is 16.1. The lowest BCUT2D eigenvalue weighted by molar-refractivity contribution is -0.117. The van der Waals surface area contributed by atoms with Crippen LogP contribution >= 0.6 is 23.7 Å². The van der Waals surface area contributed by atoms with Crippen molar-refractivity contribution in [3.05, 3.63) is 23.6 Å². The van der Waals surface area contributed by atoms with E-state index in [-0.39, 0.29) is 18.3 Å². The molecular formula is C20H26ClN3O3S. The van der Waals surface area contributed by atoms with Gasteiger partial charge in [-0.2, -0.15) is 0 Å². The van der Waals surface area contributed by atoms with Gasteiger partial charge in [0, 0.05) is 29.4 Å². The number of nitrogens with zero attached hydrogens (tertiary/aromatic N) is 1. The number of amides is 1. The van der Waals surface area contributed by atoms with Crippen LogP contribution < -0.4 is 20.1 Å². The quantitative estimate of drug-likeness (QED) is 0.731. The molecule has 2 aliphatic rings. The number of carbonyl (C=O) groups is 1. The Morgan fingerprint density at radius 2 is 2.00 bits per heavy atom. The second-order valence-corrected chi connectivity index (χ2v) is 8.19. The number of nitrogens with one attached hydrogen (secondary N) is 2. The van der Waals surface area contributed by atoms with Crippen LogP contribution in [0.5, 0.6) is 11.5 Å². The lowest BCUT2D eigenvalue weighted by Crippen LogP contribution is -2.39. The number of hydrogen-bond acceptors (Lipinski definition) is 6. The maximum atomic E-state index is 12.5. The van der Waals surface area contributed by atoms with Crippen molar-refractivity contribution in [3.8, 4) is 22.8 Å². The first-order valence-corrected chi connectivity index (χ1v) is 10.3. The van der Waals surface area contributed by atoms with Crippen LogP contribution in [0.1, 0.15) is 32.1 Å². The lowest BCUT2D eigenvalue weighted by atomic mass is 9.89. The molecule has 0 aliphatic carbocycles. The maximum Gasteiger partial charge on any atom is 0.226 e. The zero-order valence-corrected chi connectivity index (χ0v) is 17.7. The summed E-state index contributed by atoms with van der Waals surface area (Å²) in [6.45, 7) is 0. The second-order valence-electron chi connectivity index (χ2n) is 7.33. The first-order chi connectivity index (χ1) is 13.1. The minimum Gasteiger partial charge on any atom is -0.497 e. The first-order valence-electron chi connectivity index (χ1n) is 9.38. The van der Waals surface area contributed by atoms with Crippen molar-refractivity contribution in [2.24, 2.45) is 5.92 Å². The van der Waals surface area contributed by atoms with Crippen LogP contribution in [0.25, 0.3) is 11.3 Å². The fourth-order valence-electron chi connectivity index (χ4n) is 4.24. The van der Waals surface area contributed by atoms with Gasteiger partial charge in [-0.15, -0.1) is 23.7 Å². The standard InChI is InChI=1S/C20H25N3O3S.ClH/c1-25-15-5-6-18(26-2)16(10-15)17-11-27-20(22-17)23-19(24)9-12-7-13-3-4-14(8-12)21-13;/h5-6,10-14,21H,3-4,7-9H2,1-2H3,(H,22,23,24);1H. The van der Waals surface area contributed by atoms with E-state index in [4.69, 9.17) is 9.47 Å². The summed E-state index contributed by atoms with van der Waals surface area (Å²) in [7, 11) is 3.26. The molecule has 2 N–H and O–H groups in total. The first kappa shape index (κ1) is 20.9. The predicted molar refractivity (Wildman–Crippen MR) is 114 cm³/mol. The molecule has 2 bridgehead atoms. The molecule has 1 amide bonds. The number of piperidine rings is 1. The van der Waals surface area contributed by atoms with Crippen LogP contribution in [0.2, 0.25) is 0 Å². The Morgan fingerprint density at radius 1 is 1.25 bits per heavy atom. The smallest absolute Gasteiger partial charge is 0.226 e. The number of rotatable bonds is 6. The van der Waals surface area contributed by atoms with Crippen LogP contribution in [0, 0.1) is 5.92 Å². The number of benzene rings is 1. The summed E-state index contributed by atoms with van der Waals surface area (Å²) in [4.78, 5) is 17.1. The lowest BCUT2D eigenvalue weighted by Gasteiger charge is -2.28. The summed E-state index contributed by atoms with van der Waals surface area (Å²) in [5, 5.41) is 9.14. The number of ether oxygens (including phenoxy) is 2. The number of thiazole rings is 1.